The van der Waals surface area contributed by atoms with Crippen LogP contribution in [-0.2, 0) is 20.9 Å². The van der Waals surface area contributed by atoms with E-state index in [9.17, 15) is 9.59 Å². The topological polar surface area (TPSA) is 55.8 Å². The number of rotatable bonds is 5. The first-order chi connectivity index (χ1) is 14.2. The molecule has 3 unspecified atom stereocenters. The number of piperidine rings is 1. The molecular formula is C24H33NO4. The summed E-state index contributed by atoms with van der Waals surface area (Å²) in [6.07, 6.45) is 9.36. The summed E-state index contributed by atoms with van der Waals surface area (Å²) in [5, 5.41) is 0. The summed E-state index contributed by atoms with van der Waals surface area (Å²) in [5.41, 5.74) is 0.954. The summed E-state index contributed by atoms with van der Waals surface area (Å²) in [7, 11) is 1.42. The maximum Gasteiger partial charge on any atom is 0.410 e. The van der Waals surface area contributed by atoms with Crippen LogP contribution in [0.4, 0.5) is 4.79 Å². The van der Waals surface area contributed by atoms with E-state index in [1.807, 2.05) is 30.3 Å². The molecule has 1 amide bonds. The summed E-state index contributed by atoms with van der Waals surface area (Å²) in [6, 6.07) is 9.19. The third-order valence-electron chi connectivity index (χ3n) is 7.17. The third kappa shape index (κ3) is 4.76. The van der Waals surface area contributed by atoms with E-state index in [0.717, 1.165) is 24.8 Å². The molecule has 1 heterocycles. The summed E-state index contributed by atoms with van der Waals surface area (Å²) in [4.78, 5) is 27.5. The molecule has 0 bridgehead atoms. The first kappa shape index (κ1) is 20.2. The van der Waals surface area contributed by atoms with Crippen molar-refractivity contribution in [1.29, 1.82) is 0 Å². The molecule has 1 saturated heterocycles. The largest absolute Gasteiger partial charge is 0.467 e. The zero-order valence-electron chi connectivity index (χ0n) is 17.4. The Labute approximate surface area is 173 Å². The molecule has 5 heteroatoms. The molecule has 5 nitrogen and oxygen atoms in total. The molecule has 1 aliphatic heterocycles. The summed E-state index contributed by atoms with van der Waals surface area (Å²) in [5.74, 6) is 1.57. The smallest absolute Gasteiger partial charge is 0.410 e. The SMILES string of the molecule is COC(=O)C1C(C2CC2)CC(C2CCCCC2)CN1C(=O)OCc1ccccc1. The third-order valence-corrected chi connectivity index (χ3v) is 7.17. The Kier molecular flexibility index (Phi) is 6.41. The van der Waals surface area contributed by atoms with Gasteiger partial charge < -0.3 is 9.47 Å². The van der Waals surface area contributed by atoms with Crippen molar-refractivity contribution in [3.8, 4) is 0 Å². The minimum atomic E-state index is -0.504. The minimum absolute atomic E-state index is 0.201. The number of esters is 1. The van der Waals surface area contributed by atoms with Crippen molar-refractivity contribution in [2.75, 3.05) is 13.7 Å². The Morgan fingerprint density at radius 3 is 2.34 bits per heavy atom. The highest BCUT2D eigenvalue weighted by Gasteiger charge is 2.50. The van der Waals surface area contributed by atoms with Crippen LogP contribution in [0, 0.1) is 23.7 Å². The van der Waals surface area contributed by atoms with Gasteiger partial charge in [0.25, 0.3) is 0 Å². The summed E-state index contributed by atoms with van der Waals surface area (Å²) >= 11 is 0. The van der Waals surface area contributed by atoms with E-state index in [-0.39, 0.29) is 24.6 Å². The van der Waals surface area contributed by atoms with Crippen LogP contribution in [0.15, 0.2) is 30.3 Å². The fourth-order valence-electron chi connectivity index (χ4n) is 5.49. The molecule has 3 aliphatic rings. The van der Waals surface area contributed by atoms with Crippen LogP contribution < -0.4 is 0 Å². The van der Waals surface area contributed by atoms with Gasteiger partial charge in [-0.1, -0.05) is 62.4 Å². The highest BCUT2D eigenvalue weighted by atomic mass is 16.6. The Balaban J connectivity index is 1.52. The molecule has 158 valence electrons. The van der Waals surface area contributed by atoms with Crippen molar-refractivity contribution >= 4 is 12.1 Å². The maximum absolute atomic E-state index is 13.1. The molecule has 1 aromatic carbocycles. The average molecular weight is 400 g/mol. The lowest BCUT2D eigenvalue weighted by molar-refractivity contribution is -0.152. The van der Waals surface area contributed by atoms with Crippen LogP contribution in [0.25, 0.3) is 0 Å². The van der Waals surface area contributed by atoms with Gasteiger partial charge in [0.15, 0.2) is 0 Å². The molecule has 3 fully saturated rings. The number of carbonyl (C=O) groups is 2. The number of likely N-dealkylation sites (tertiary alicyclic amines) is 1. The quantitative estimate of drug-likeness (QED) is 0.668. The van der Waals surface area contributed by atoms with Crippen LogP contribution in [0.3, 0.4) is 0 Å². The van der Waals surface area contributed by atoms with Crippen molar-refractivity contribution in [2.45, 2.75) is 64.0 Å². The highest BCUT2D eigenvalue weighted by molar-refractivity contribution is 5.82. The van der Waals surface area contributed by atoms with Gasteiger partial charge in [-0.25, -0.2) is 9.59 Å². The normalized spacial score (nSPS) is 28.0. The number of benzene rings is 1. The Bertz CT molecular complexity index is 696. The predicted octanol–water partition coefficient (Wildman–Crippen LogP) is 4.79. The van der Waals surface area contributed by atoms with Gasteiger partial charge in [-0.15, -0.1) is 0 Å². The summed E-state index contributed by atoms with van der Waals surface area (Å²) < 4.78 is 10.8. The fourth-order valence-corrected chi connectivity index (χ4v) is 5.49. The number of amides is 1. The molecule has 4 rings (SSSR count). The van der Waals surface area contributed by atoms with Crippen molar-refractivity contribution < 1.29 is 19.1 Å². The molecule has 3 atom stereocenters. The lowest BCUT2D eigenvalue weighted by Crippen LogP contribution is -2.57. The zero-order chi connectivity index (χ0) is 20.2. The zero-order valence-corrected chi connectivity index (χ0v) is 17.4. The van der Waals surface area contributed by atoms with Crippen LogP contribution in [-0.4, -0.2) is 36.7 Å². The second-order valence-corrected chi connectivity index (χ2v) is 9.06. The monoisotopic (exact) mass is 399 g/mol. The molecule has 29 heavy (non-hydrogen) atoms. The van der Waals surface area contributed by atoms with Gasteiger partial charge in [0.05, 0.1) is 7.11 Å². The number of methoxy groups -OCH3 is 1. The average Bonchev–Trinajstić information content (AvgIpc) is 3.63. The molecule has 1 aromatic rings. The van der Waals surface area contributed by atoms with E-state index < -0.39 is 6.04 Å². The van der Waals surface area contributed by atoms with Gasteiger partial charge in [-0.05, 0) is 48.5 Å². The van der Waals surface area contributed by atoms with Gasteiger partial charge >= 0.3 is 12.1 Å². The van der Waals surface area contributed by atoms with Crippen molar-refractivity contribution in [1.82, 2.24) is 4.90 Å². The second-order valence-electron chi connectivity index (χ2n) is 9.06. The Hall–Kier alpha value is -2.04. The van der Waals surface area contributed by atoms with Gasteiger partial charge in [-0.2, -0.15) is 0 Å². The van der Waals surface area contributed by atoms with Gasteiger partial charge in [-0.3, -0.25) is 4.90 Å². The van der Waals surface area contributed by atoms with Gasteiger partial charge in [0, 0.05) is 6.54 Å². The second kappa shape index (κ2) is 9.19. The molecule has 2 saturated carbocycles. The molecule has 0 radical (unpaired) electrons. The summed E-state index contributed by atoms with van der Waals surface area (Å²) in [6.45, 7) is 0.841. The van der Waals surface area contributed by atoms with Crippen molar-refractivity contribution in [3.05, 3.63) is 35.9 Å². The van der Waals surface area contributed by atoms with E-state index >= 15 is 0 Å². The fraction of sp³-hybridized carbons (Fsp3) is 0.667. The van der Waals surface area contributed by atoms with Crippen LogP contribution in [0.2, 0.25) is 0 Å². The molecule has 0 aromatic heterocycles. The molecule has 0 spiro atoms. The van der Waals surface area contributed by atoms with Crippen LogP contribution in [0.1, 0.15) is 56.9 Å². The number of hydrogen-bond acceptors (Lipinski definition) is 4. The minimum Gasteiger partial charge on any atom is -0.467 e. The standard InChI is InChI=1S/C24H33NO4/c1-28-23(26)22-21(19-12-13-19)14-20(18-10-6-3-7-11-18)15-25(22)24(27)29-16-17-8-4-2-5-9-17/h2,4-5,8-9,18-22H,3,6-7,10-16H2,1H3. The van der Waals surface area contributed by atoms with Gasteiger partial charge in [0.2, 0.25) is 0 Å². The van der Waals surface area contributed by atoms with Gasteiger partial charge in [0.1, 0.15) is 12.6 Å². The lowest BCUT2D eigenvalue weighted by atomic mass is 9.71. The van der Waals surface area contributed by atoms with Crippen molar-refractivity contribution in [2.24, 2.45) is 23.7 Å². The van der Waals surface area contributed by atoms with E-state index in [1.165, 1.54) is 39.2 Å². The predicted molar refractivity (Wildman–Crippen MR) is 110 cm³/mol. The van der Waals surface area contributed by atoms with Crippen LogP contribution in [0.5, 0.6) is 0 Å². The number of carbonyl (C=O) groups excluding carboxylic acids is 2. The van der Waals surface area contributed by atoms with E-state index in [0.29, 0.717) is 24.3 Å². The number of hydrogen-bond donors (Lipinski definition) is 0. The highest BCUT2D eigenvalue weighted by Crippen LogP contribution is 2.48. The van der Waals surface area contributed by atoms with E-state index in [2.05, 4.69) is 0 Å². The number of ether oxygens (including phenoxy) is 2. The van der Waals surface area contributed by atoms with E-state index in [4.69, 9.17) is 9.47 Å². The number of nitrogens with zero attached hydrogens (tertiary/aromatic N) is 1. The lowest BCUT2D eigenvalue weighted by Gasteiger charge is -2.45. The first-order valence-electron chi connectivity index (χ1n) is 11.2. The Morgan fingerprint density at radius 2 is 1.69 bits per heavy atom. The molecule has 2 aliphatic carbocycles. The first-order valence-corrected chi connectivity index (χ1v) is 11.2. The molecular weight excluding hydrogens is 366 g/mol. The maximum atomic E-state index is 13.1. The molecule has 0 N–H and O–H groups in total. The van der Waals surface area contributed by atoms with E-state index in [1.54, 1.807) is 4.90 Å². The Morgan fingerprint density at radius 1 is 0.966 bits per heavy atom. The van der Waals surface area contributed by atoms with Crippen molar-refractivity contribution in [3.63, 3.8) is 0 Å². The van der Waals surface area contributed by atoms with Crippen LogP contribution >= 0.6 is 0 Å².